The Balaban J connectivity index is 2.38. The van der Waals surface area contributed by atoms with E-state index >= 15 is 0 Å². The fraction of sp³-hybridized carbons (Fsp3) is 0.421. The lowest BCUT2D eigenvalue weighted by molar-refractivity contribution is 0.0480. The van der Waals surface area contributed by atoms with E-state index in [1.807, 2.05) is 51.1 Å². The summed E-state index contributed by atoms with van der Waals surface area (Å²) in [7, 11) is 0. The highest BCUT2D eigenvalue weighted by atomic mass is 16.3. The van der Waals surface area contributed by atoms with Crippen LogP contribution < -0.4 is 0 Å². The van der Waals surface area contributed by atoms with Gasteiger partial charge in [-0.25, -0.2) is 9.97 Å². The monoisotopic (exact) mass is 327 g/mol. The first kappa shape index (κ1) is 18.1. The molecule has 0 saturated carbocycles. The summed E-state index contributed by atoms with van der Waals surface area (Å²) in [4.78, 5) is 23.3. The van der Waals surface area contributed by atoms with Gasteiger partial charge in [0.25, 0.3) is 5.91 Å². The largest absolute Gasteiger partial charge is 0.394 e. The van der Waals surface area contributed by atoms with E-state index < -0.39 is 0 Å². The first-order valence-electron chi connectivity index (χ1n) is 8.20. The summed E-state index contributed by atoms with van der Waals surface area (Å²) in [6.07, 6.45) is 1.58. The smallest absolute Gasteiger partial charge is 0.257 e. The molecule has 1 aromatic carbocycles. The van der Waals surface area contributed by atoms with Crippen LogP contribution in [0.3, 0.4) is 0 Å². The van der Waals surface area contributed by atoms with E-state index in [1.54, 1.807) is 18.0 Å². The van der Waals surface area contributed by atoms with Crippen LogP contribution in [-0.4, -0.2) is 38.5 Å². The van der Waals surface area contributed by atoms with E-state index in [-0.39, 0.29) is 24.5 Å². The van der Waals surface area contributed by atoms with Gasteiger partial charge in [0.05, 0.1) is 23.9 Å². The van der Waals surface area contributed by atoms with Crippen molar-refractivity contribution in [3.8, 4) is 0 Å². The van der Waals surface area contributed by atoms with Crippen molar-refractivity contribution < 1.29 is 9.90 Å². The lowest BCUT2D eigenvalue weighted by atomic mass is 10.0. The molecule has 5 nitrogen and oxygen atoms in total. The molecule has 1 heterocycles. The minimum Gasteiger partial charge on any atom is -0.394 e. The maximum atomic E-state index is 13.1. The van der Waals surface area contributed by atoms with Gasteiger partial charge in [-0.1, -0.05) is 44.2 Å². The van der Waals surface area contributed by atoms with Gasteiger partial charge in [0.1, 0.15) is 5.82 Å². The second kappa shape index (κ2) is 8.02. The van der Waals surface area contributed by atoms with E-state index in [4.69, 9.17) is 0 Å². The van der Waals surface area contributed by atoms with Crippen LogP contribution >= 0.6 is 0 Å². The number of nitrogens with zero attached hydrogens (tertiary/aromatic N) is 3. The highest BCUT2D eigenvalue weighted by Gasteiger charge is 2.28. The van der Waals surface area contributed by atoms with Gasteiger partial charge in [0.15, 0.2) is 0 Å². The zero-order valence-corrected chi connectivity index (χ0v) is 14.7. The van der Waals surface area contributed by atoms with Crippen molar-refractivity contribution in [3.63, 3.8) is 0 Å². The maximum Gasteiger partial charge on any atom is 0.257 e. The quantitative estimate of drug-likeness (QED) is 0.886. The summed E-state index contributed by atoms with van der Waals surface area (Å²) in [5, 5.41) is 9.83. The number of carbonyl (C=O) groups is 1. The fourth-order valence-corrected chi connectivity index (χ4v) is 2.74. The lowest BCUT2D eigenvalue weighted by Gasteiger charge is -2.33. The van der Waals surface area contributed by atoms with Gasteiger partial charge in [-0.3, -0.25) is 4.79 Å². The molecule has 0 fully saturated rings. The SMILES string of the molecule is Cc1ncc(C(=O)N(Cc2ccccc2)[C@H](CO)C(C)C)c(C)n1. The molecule has 0 aliphatic heterocycles. The third-order valence-electron chi connectivity index (χ3n) is 4.14. The Morgan fingerprint density at radius 3 is 2.42 bits per heavy atom. The van der Waals surface area contributed by atoms with Gasteiger partial charge >= 0.3 is 0 Å². The van der Waals surface area contributed by atoms with Crippen LogP contribution in [-0.2, 0) is 6.54 Å². The van der Waals surface area contributed by atoms with Crippen molar-refractivity contribution in [2.45, 2.75) is 40.3 Å². The average Bonchev–Trinajstić information content (AvgIpc) is 2.54. The van der Waals surface area contributed by atoms with E-state index in [2.05, 4.69) is 9.97 Å². The molecule has 0 aliphatic rings. The molecule has 1 aromatic heterocycles. The third-order valence-corrected chi connectivity index (χ3v) is 4.14. The summed E-state index contributed by atoms with van der Waals surface area (Å²) in [5.41, 5.74) is 2.16. The number of aliphatic hydroxyl groups excluding tert-OH is 1. The summed E-state index contributed by atoms with van der Waals surface area (Å²) in [6, 6.07) is 9.53. The highest BCUT2D eigenvalue weighted by molar-refractivity contribution is 5.95. The molecule has 128 valence electrons. The number of hydrogen-bond acceptors (Lipinski definition) is 4. The Morgan fingerprint density at radius 2 is 1.88 bits per heavy atom. The Labute approximate surface area is 143 Å². The standard InChI is InChI=1S/C19H25N3O2/c1-13(2)18(12-23)22(11-16-8-6-5-7-9-16)19(24)17-10-20-15(4)21-14(17)3/h5-10,13,18,23H,11-12H2,1-4H3/t18-/m1/s1. The van der Waals surface area contributed by atoms with Gasteiger partial charge in [-0.15, -0.1) is 0 Å². The molecule has 0 bridgehead atoms. The molecule has 24 heavy (non-hydrogen) atoms. The molecular weight excluding hydrogens is 302 g/mol. The van der Waals surface area contributed by atoms with Crippen molar-refractivity contribution in [1.29, 1.82) is 0 Å². The van der Waals surface area contributed by atoms with Crippen molar-refractivity contribution in [3.05, 3.63) is 59.2 Å². The van der Waals surface area contributed by atoms with Crippen LogP contribution in [0.5, 0.6) is 0 Å². The predicted octanol–water partition coefficient (Wildman–Crippen LogP) is 2.75. The molecule has 2 aromatic rings. The van der Waals surface area contributed by atoms with Gasteiger partial charge in [0, 0.05) is 12.7 Å². The summed E-state index contributed by atoms with van der Waals surface area (Å²) in [5.74, 6) is 0.625. The van der Waals surface area contributed by atoms with Crippen LogP contribution in [0.4, 0.5) is 0 Å². The minimum atomic E-state index is -0.265. The summed E-state index contributed by atoms with van der Waals surface area (Å²) in [6.45, 7) is 7.98. The molecular formula is C19H25N3O2. The molecule has 5 heteroatoms. The summed E-state index contributed by atoms with van der Waals surface area (Å²) < 4.78 is 0. The number of carbonyl (C=O) groups excluding carboxylic acids is 1. The van der Waals surface area contributed by atoms with Crippen molar-refractivity contribution in [1.82, 2.24) is 14.9 Å². The molecule has 0 saturated heterocycles. The van der Waals surface area contributed by atoms with E-state index in [1.165, 1.54) is 0 Å². The average molecular weight is 327 g/mol. The van der Waals surface area contributed by atoms with Crippen LogP contribution in [0.25, 0.3) is 0 Å². The molecule has 0 aliphatic carbocycles. The number of benzene rings is 1. The molecule has 2 rings (SSSR count). The molecule has 1 amide bonds. The maximum absolute atomic E-state index is 13.1. The van der Waals surface area contributed by atoms with E-state index in [9.17, 15) is 9.90 Å². The first-order chi connectivity index (χ1) is 11.4. The van der Waals surface area contributed by atoms with Crippen LogP contribution in [0.1, 0.15) is 41.3 Å². The fourth-order valence-electron chi connectivity index (χ4n) is 2.74. The number of hydrogen-bond donors (Lipinski definition) is 1. The highest BCUT2D eigenvalue weighted by Crippen LogP contribution is 2.19. The van der Waals surface area contributed by atoms with Crippen molar-refractivity contribution >= 4 is 5.91 Å². The molecule has 1 atom stereocenters. The van der Waals surface area contributed by atoms with Gasteiger partial charge in [-0.05, 0) is 25.3 Å². The Kier molecular flexibility index (Phi) is 6.04. The molecule has 0 radical (unpaired) electrons. The normalized spacial score (nSPS) is 12.2. The molecule has 1 N–H and O–H groups in total. The third kappa shape index (κ3) is 4.17. The van der Waals surface area contributed by atoms with E-state index in [0.717, 1.165) is 5.56 Å². The first-order valence-corrected chi connectivity index (χ1v) is 8.20. The van der Waals surface area contributed by atoms with Gasteiger partial charge in [-0.2, -0.15) is 0 Å². The Hall–Kier alpha value is -2.27. The van der Waals surface area contributed by atoms with Crippen molar-refractivity contribution in [2.75, 3.05) is 6.61 Å². The second-order valence-electron chi connectivity index (χ2n) is 6.33. The van der Waals surface area contributed by atoms with Crippen LogP contribution in [0.15, 0.2) is 36.5 Å². The zero-order chi connectivity index (χ0) is 17.7. The zero-order valence-electron chi connectivity index (χ0n) is 14.7. The van der Waals surface area contributed by atoms with Crippen LogP contribution in [0, 0.1) is 19.8 Å². The van der Waals surface area contributed by atoms with E-state index in [0.29, 0.717) is 23.6 Å². The number of amides is 1. The minimum absolute atomic E-state index is 0.0813. The Bertz CT molecular complexity index is 686. The lowest BCUT2D eigenvalue weighted by Crippen LogP contribution is -2.45. The number of aromatic nitrogens is 2. The summed E-state index contributed by atoms with van der Waals surface area (Å²) >= 11 is 0. The molecule has 0 spiro atoms. The van der Waals surface area contributed by atoms with Crippen molar-refractivity contribution in [2.24, 2.45) is 5.92 Å². The van der Waals surface area contributed by atoms with Gasteiger partial charge < -0.3 is 10.0 Å². The van der Waals surface area contributed by atoms with Gasteiger partial charge in [0.2, 0.25) is 0 Å². The predicted molar refractivity (Wildman–Crippen MR) is 93.5 cm³/mol. The number of aliphatic hydroxyl groups is 1. The number of rotatable bonds is 6. The molecule has 0 unspecified atom stereocenters. The van der Waals surface area contributed by atoms with Crippen LogP contribution in [0.2, 0.25) is 0 Å². The topological polar surface area (TPSA) is 66.3 Å². The second-order valence-corrected chi connectivity index (χ2v) is 6.33. The Morgan fingerprint density at radius 1 is 1.21 bits per heavy atom. The number of aryl methyl sites for hydroxylation is 2.